The molecule has 0 amide bonds. The van der Waals surface area contributed by atoms with E-state index in [2.05, 4.69) is 25.7 Å². The molecule has 1 saturated heterocycles. The predicted octanol–water partition coefficient (Wildman–Crippen LogP) is 1.45. The number of rotatable bonds is 4. The fraction of sp³-hybridized carbons (Fsp3) is 1.00. The lowest BCUT2D eigenvalue weighted by molar-refractivity contribution is 0.0129. The average molecular weight is 228 g/mol. The van der Waals surface area contributed by atoms with E-state index >= 15 is 0 Å². The zero-order valence-corrected chi connectivity index (χ0v) is 11.2. The highest BCUT2D eigenvalue weighted by Crippen LogP contribution is 2.25. The number of piperidine rings is 1. The van der Waals surface area contributed by atoms with Gasteiger partial charge < -0.3 is 15.7 Å². The summed E-state index contributed by atoms with van der Waals surface area (Å²) < 4.78 is 0. The van der Waals surface area contributed by atoms with E-state index in [1.165, 1.54) is 6.42 Å². The number of hydrogen-bond acceptors (Lipinski definition) is 3. The fourth-order valence-corrected chi connectivity index (χ4v) is 2.92. The molecule has 0 radical (unpaired) electrons. The maximum Gasteiger partial charge on any atom is 0.0756 e. The molecule has 0 aromatic heterocycles. The lowest BCUT2D eigenvalue weighted by Gasteiger charge is -2.40. The van der Waals surface area contributed by atoms with E-state index in [-0.39, 0.29) is 0 Å². The molecule has 96 valence electrons. The van der Waals surface area contributed by atoms with Gasteiger partial charge in [-0.3, -0.25) is 0 Å². The Balaban J connectivity index is 2.50. The smallest absolute Gasteiger partial charge is 0.0756 e. The molecule has 4 atom stereocenters. The summed E-state index contributed by atoms with van der Waals surface area (Å²) in [5.74, 6) is 1.54. The largest absolute Gasteiger partial charge is 0.389 e. The maximum absolute atomic E-state index is 10.0. The monoisotopic (exact) mass is 228 g/mol. The quantitative estimate of drug-likeness (QED) is 0.766. The van der Waals surface area contributed by atoms with E-state index in [1.807, 2.05) is 6.92 Å². The van der Waals surface area contributed by atoms with Crippen LogP contribution in [-0.4, -0.2) is 41.3 Å². The zero-order chi connectivity index (χ0) is 12.3. The van der Waals surface area contributed by atoms with Crippen LogP contribution in [0.3, 0.4) is 0 Å². The Morgan fingerprint density at radius 2 is 1.88 bits per heavy atom. The molecule has 16 heavy (non-hydrogen) atoms. The molecule has 3 nitrogen and oxygen atoms in total. The van der Waals surface area contributed by atoms with Crippen LogP contribution in [0.1, 0.15) is 40.5 Å². The predicted molar refractivity (Wildman–Crippen MR) is 68.3 cm³/mol. The van der Waals surface area contributed by atoms with Gasteiger partial charge in [0.25, 0.3) is 0 Å². The number of hydrogen-bond donors (Lipinski definition) is 2. The Labute approximate surface area is 100 Å². The van der Waals surface area contributed by atoms with Crippen LogP contribution < -0.4 is 5.73 Å². The Kier molecular flexibility index (Phi) is 4.77. The van der Waals surface area contributed by atoms with Crippen LogP contribution in [0.2, 0.25) is 0 Å². The van der Waals surface area contributed by atoms with E-state index in [0.717, 1.165) is 31.3 Å². The van der Waals surface area contributed by atoms with Crippen molar-refractivity contribution in [2.45, 2.75) is 52.2 Å². The van der Waals surface area contributed by atoms with Gasteiger partial charge in [-0.2, -0.15) is 0 Å². The van der Waals surface area contributed by atoms with Gasteiger partial charge in [-0.1, -0.05) is 13.8 Å². The molecule has 0 aromatic carbocycles. The van der Waals surface area contributed by atoms with E-state index in [0.29, 0.717) is 12.6 Å². The third-order valence-electron chi connectivity index (χ3n) is 3.70. The van der Waals surface area contributed by atoms with Crippen molar-refractivity contribution in [3.63, 3.8) is 0 Å². The van der Waals surface area contributed by atoms with Gasteiger partial charge in [-0.15, -0.1) is 0 Å². The third-order valence-corrected chi connectivity index (χ3v) is 3.70. The average Bonchev–Trinajstić information content (AvgIpc) is 2.15. The second-order valence-electron chi connectivity index (χ2n) is 6.15. The summed E-state index contributed by atoms with van der Waals surface area (Å²) in [4.78, 5) is 2.50. The van der Waals surface area contributed by atoms with Crippen molar-refractivity contribution >= 4 is 0 Å². The zero-order valence-electron chi connectivity index (χ0n) is 11.2. The first-order valence-electron chi connectivity index (χ1n) is 6.50. The van der Waals surface area contributed by atoms with Crippen molar-refractivity contribution < 1.29 is 5.11 Å². The summed E-state index contributed by atoms with van der Waals surface area (Å²) >= 11 is 0. The normalized spacial score (nSPS) is 33.4. The Morgan fingerprint density at radius 3 is 2.31 bits per heavy atom. The standard InChI is InChI=1S/C13H28N2O/c1-10-5-11(2)8-15(7-10)12(3)6-13(4,16)9-14/h10-12,16H,5-9,14H2,1-4H3. The molecule has 1 aliphatic heterocycles. The second kappa shape index (κ2) is 5.48. The lowest BCUT2D eigenvalue weighted by atomic mass is 9.89. The Hall–Kier alpha value is -0.120. The van der Waals surface area contributed by atoms with E-state index in [1.54, 1.807) is 0 Å². The summed E-state index contributed by atoms with van der Waals surface area (Å²) in [6, 6.07) is 0.420. The third kappa shape index (κ3) is 4.04. The van der Waals surface area contributed by atoms with Gasteiger partial charge in [0, 0.05) is 25.7 Å². The molecule has 1 aliphatic rings. The van der Waals surface area contributed by atoms with Crippen LogP contribution in [0, 0.1) is 11.8 Å². The molecule has 0 bridgehead atoms. The van der Waals surface area contributed by atoms with Crippen molar-refractivity contribution in [2.75, 3.05) is 19.6 Å². The van der Waals surface area contributed by atoms with Gasteiger partial charge in [0.15, 0.2) is 0 Å². The summed E-state index contributed by atoms with van der Waals surface area (Å²) in [7, 11) is 0. The SMILES string of the molecule is CC1CC(C)CN(C(C)CC(C)(O)CN)C1. The first-order chi connectivity index (χ1) is 7.34. The minimum Gasteiger partial charge on any atom is -0.389 e. The van der Waals surface area contributed by atoms with Gasteiger partial charge in [-0.05, 0) is 38.5 Å². The molecule has 3 N–H and O–H groups in total. The minimum absolute atomic E-state index is 0.344. The Morgan fingerprint density at radius 1 is 1.38 bits per heavy atom. The van der Waals surface area contributed by atoms with Crippen LogP contribution in [0.5, 0.6) is 0 Å². The van der Waals surface area contributed by atoms with Crippen molar-refractivity contribution in [3.8, 4) is 0 Å². The molecule has 0 spiro atoms. The highest BCUT2D eigenvalue weighted by molar-refractivity contribution is 4.84. The molecular formula is C13H28N2O. The molecule has 0 aromatic rings. The summed E-state index contributed by atoms with van der Waals surface area (Å²) in [5, 5.41) is 10.0. The molecule has 1 heterocycles. The number of likely N-dealkylation sites (tertiary alicyclic amines) is 1. The highest BCUT2D eigenvalue weighted by Gasteiger charge is 2.29. The molecule has 1 rings (SSSR count). The van der Waals surface area contributed by atoms with Gasteiger partial charge in [-0.25, -0.2) is 0 Å². The number of nitrogens with two attached hydrogens (primary N) is 1. The maximum atomic E-state index is 10.0. The van der Waals surface area contributed by atoms with Crippen molar-refractivity contribution in [1.82, 2.24) is 4.90 Å². The van der Waals surface area contributed by atoms with Crippen molar-refractivity contribution in [2.24, 2.45) is 17.6 Å². The van der Waals surface area contributed by atoms with Gasteiger partial charge in [0.05, 0.1) is 5.60 Å². The van der Waals surface area contributed by atoms with Crippen LogP contribution in [0.25, 0.3) is 0 Å². The second-order valence-corrected chi connectivity index (χ2v) is 6.15. The topological polar surface area (TPSA) is 49.5 Å². The van der Waals surface area contributed by atoms with Crippen molar-refractivity contribution in [3.05, 3.63) is 0 Å². The molecule has 3 heteroatoms. The fourth-order valence-electron chi connectivity index (χ4n) is 2.92. The molecular weight excluding hydrogens is 200 g/mol. The molecule has 4 unspecified atom stereocenters. The van der Waals surface area contributed by atoms with Gasteiger partial charge in [0.2, 0.25) is 0 Å². The lowest BCUT2D eigenvalue weighted by Crippen LogP contribution is -2.48. The summed E-state index contributed by atoms with van der Waals surface area (Å²) in [6.07, 6.45) is 2.10. The van der Waals surface area contributed by atoms with Crippen LogP contribution in [0.15, 0.2) is 0 Å². The molecule has 0 saturated carbocycles. The highest BCUT2D eigenvalue weighted by atomic mass is 16.3. The first kappa shape index (κ1) is 13.9. The number of aliphatic hydroxyl groups is 1. The summed E-state index contributed by atoms with van der Waals surface area (Å²) in [5.41, 5.74) is 4.85. The van der Waals surface area contributed by atoms with Crippen LogP contribution in [0.4, 0.5) is 0 Å². The molecule has 0 aliphatic carbocycles. The van der Waals surface area contributed by atoms with Crippen LogP contribution in [-0.2, 0) is 0 Å². The Bertz CT molecular complexity index is 208. The van der Waals surface area contributed by atoms with E-state index in [4.69, 9.17) is 5.73 Å². The number of nitrogens with zero attached hydrogens (tertiary/aromatic N) is 1. The first-order valence-corrected chi connectivity index (χ1v) is 6.50. The van der Waals surface area contributed by atoms with Crippen LogP contribution >= 0.6 is 0 Å². The van der Waals surface area contributed by atoms with Crippen molar-refractivity contribution in [1.29, 1.82) is 0 Å². The summed E-state index contributed by atoms with van der Waals surface area (Å²) in [6.45, 7) is 11.3. The van der Waals surface area contributed by atoms with Gasteiger partial charge in [0.1, 0.15) is 0 Å². The van der Waals surface area contributed by atoms with E-state index in [9.17, 15) is 5.11 Å². The van der Waals surface area contributed by atoms with E-state index < -0.39 is 5.60 Å². The molecule has 1 fully saturated rings. The van der Waals surface area contributed by atoms with Gasteiger partial charge >= 0.3 is 0 Å². The minimum atomic E-state index is -0.719.